The summed E-state index contributed by atoms with van der Waals surface area (Å²) in [4.78, 5) is 11.2. The largest absolute Gasteiger partial charge is 0.352 e. The molecule has 0 atom stereocenters. The average molecular weight is 253 g/mol. The average Bonchev–Trinajstić information content (AvgIpc) is 2.30. The Bertz CT molecular complexity index is 233. The first kappa shape index (κ1) is 17.2. The molecule has 0 unspecified atom stereocenters. The molecule has 2 heteroatoms. The van der Waals surface area contributed by atoms with Gasteiger partial charge in [0.25, 0.3) is 0 Å². The van der Waals surface area contributed by atoms with Crippen molar-refractivity contribution in [3.8, 4) is 0 Å². The first-order valence-electron chi connectivity index (χ1n) is 7.47. The van der Waals surface area contributed by atoms with Crippen LogP contribution in [0.3, 0.4) is 0 Å². The van der Waals surface area contributed by atoms with E-state index in [2.05, 4.69) is 25.7 Å². The van der Waals surface area contributed by atoms with Crippen LogP contribution < -0.4 is 5.32 Å². The third kappa shape index (κ3) is 11.7. The lowest BCUT2D eigenvalue weighted by Gasteiger charge is -2.05. The molecule has 0 spiro atoms. The van der Waals surface area contributed by atoms with Gasteiger partial charge in [0.15, 0.2) is 0 Å². The molecule has 0 rings (SSSR count). The van der Waals surface area contributed by atoms with Gasteiger partial charge in [-0.3, -0.25) is 4.79 Å². The van der Waals surface area contributed by atoms with Crippen molar-refractivity contribution in [2.24, 2.45) is 5.92 Å². The first-order chi connectivity index (χ1) is 8.54. The smallest absolute Gasteiger partial charge is 0.246 e. The van der Waals surface area contributed by atoms with Crippen LogP contribution >= 0.6 is 0 Å². The highest BCUT2D eigenvalue weighted by Gasteiger charge is 1.99. The highest BCUT2D eigenvalue weighted by atomic mass is 16.1. The van der Waals surface area contributed by atoms with E-state index in [4.69, 9.17) is 0 Å². The van der Waals surface area contributed by atoms with Gasteiger partial charge in [0.1, 0.15) is 0 Å². The predicted molar refractivity (Wildman–Crippen MR) is 79.6 cm³/mol. The Balaban J connectivity index is 3.12. The summed E-state index contributed by atoms with van der Waals surface area (Å²) in [5.41, 5.74) is 0.597. The van der Waals surface area contributed by atoms with Gasteiger partial charge in [0, 0.05) is 12.1 Å². The zero-order valence-corrected chi connectivity index (χ0v) is 12.6. The van der Waals surface area contributed by atoms with Crippen LogP contribution in [0.15, 0.2) is 12.2 Å². The lowest BCUT2D eigenvalue weighted by molar-refractivity contribution is -0.117. The molecule has 1 amide bonds. The molecule has 0 aliphatic rings. The third-order valence-corrected chi connectivity index (χ3v) is 3.13. The van der Waals surface area contributed by atoms with Gasteiger partial charge < -0.3 is 5.32 Å². The molecular formula is C16H31NO. The Morgan fingerprint density at radius 1 is 1.00 bits per heavy atom. The summed E-state index contributed by atoms with van der Waals surface area (Å²) in [5, 5.41) is 2.87. The Morgan fingerprint density at radius 2 is 1.50 bits per heavy atom. The fraction of sp³-hybridized carbons (Fsp3) is 0.812. The molecule has 0 heterocycles. The molecule has 0 aromatic heterocycles. The van der Waals surface area contributed by atoms with Gasteiger partial charge in [-0.2, -0.15) is 0 Å². The van der Waals surface area contributed by atoms with Crippen molar-refractivity contribution in [2.45, 2.75) is 72.1 Å². The van der Waals surface area contributed by atoms with Crippen LogP contribution in [0.25, 0.3) is 0 Å². The normalized spacial score (nSPS) is 10.7. The Hall–Kier alpha value is -0.790. The van der Waals surface area contributed by atoms with Crippen molar-refractivity contribution in [1.29, 1.82) is 0 Å². The van der Waals surface area contributed by atoms with E-state index >= 15 is 0 Å². The molecule has 0 aromatic carbocycles. The van der Waals surface area contributed by atoms with Crippen LogP contribution in [-0.2, 0) is 4.79 Å². The number of nitrogens with one attached hydrogen (secondary N) is 1. The number of carbonyl (C=O) groups excluding carboxylic acids is 1. The summed E-state index contributed by atoms with van der Waals surface area (Å²) in [6.45, 7) is 10.7. The lowest BCUT2D eigenvalue weighted by atomic mass is 10.0. The highest BCUT2D eigenvalue weighted by molar-refractivity contribution is 5.91. The number of unbranched alkanes of at least 4 members (excludes halogenated alkanes) is 6. The number of hydrogen-bond acceptors (Lipinski definition) is 1. The molecule has 106 valence electrons. The quantitative estimate of drug-likeness (QED) is 0.427. The second kappa shape index (κ2) is 11.3. The van der Waals surface area contributed by atoms with Crippen molar-refractivity contribution in [1.82, 2.24) is 5.32 Å². The molecule has 0 aliphatic heterocycles. The zero-order chi connectivity index (χ0) is 13.8. The van der Waals surface area contributed by atoms with Gasteiger partial charge in [-0.15, -0.1) is 0 Å². The molecule has 0 bridgehead atoms. The standard InChI is InChI=1S/C16H31NO/c1-14(2)12-10-8-6-5-7-9-11-13-17-16(18)15(3)4/h14H,3,5-13H2,1-2,4H3,(H,17,18). The fourth-order valence-electron chi connectivity index (χ4n) is 1.91. The van der Waals surface area contributed by atoms with Crippen LogP contribution in [-0.4, -0.2) is 12.5 Å². The van der Waals surface area contributed by atoms with E-state index < -0.39 is 0 Å². The summed E-state index contributed by atoms with van der Waals surface area (Å²) in [5.74, 6) is 0.839. The minimum absolute atomic E-state index is 0.0105. The summed E-state index contributed by atoms with van der Waals surface area (Å²) in [6, 6.07) is 0. The van der Waals surface area contributed by atoms with E-state index in [-0.39, 0.29) is 5.91 Å². The number of hydrogen-bond donors (Lipinski definition) is 1. The summed E-state index contributed by atoms with van der Waals surface area (Å²) in [6.07, 6.45) is 10.4. The molecular weight excluding hydrogens is 222 g/mol. The number of amides is 1. The Kier molecular flexibility index (Phi) is 10.8. The van der Waals surface area contributed by atoms with Crippen molar-refractivity contribution in [3.05, 3.63) is 12.2 Å². The fourth-order valence-corrected chi connectivity index (χ4v) is 1.91. The molecule has 0 aromatic rings. The van der Waals surface area contributed by atoms with Crippen molar-refractivity contribution in [3.63, 3.8) is 0 Å². The van der Waals surface area contributed by atoms with Gasteiger partial charge in [-0.1, -0.05) is 65.4 Å². The van der Waals surface area contributed by atoms with Crippen LogP contribution in [0.5, 0.6) is 0 Å². The molecule has 0 saturated carbocycles. The summed E-state index contributed by atoms with van der Waals surface area (Å²) < 4.78 is 0. The van der Waals surface area contributed by atoms with Crippen LogP contribution in [0.1, 0.15) is 72.1 Å². The predicted octanol–water partition coefficient (Wildman–Crippen LogP) is 4.46. The number of rotatable bonds is 11. The van der Waals surface area contributed by atoms with Gasteiger partial charge in [0.05, 0.1) is 0 Å². The van der Waals surface area contributed by atoms with Gasteiger partial charge in [-0.05, 0) is 19.3 Å². The van der Waals surface area contributed by atoms with Crippen LogP contribution in [0.4, 0.5) is 0 Å². The zero-order valence-electron chi connectivity index (χ0n) is 12.6. The van der Waals surface area contributed by atoms with E-state index in [0.29, 0.717) is 5.57 Å². The third-order valence-electron chi connectivity index (χ3n) is 3.13. The lowest BCUT2D eigenvalue weighted by Crippen LogP contribution is -2.24. The summed E-state index contributed by atoms with van der Waals surface area (Å²) >= 11 is 0. The molecule has 18 heavy (non-hydrogen) atoms. The SMILES string of the molecule is C=C(C)C(=O)NCCCCCCCCCC(C)C. The van der Waals surface area contributed by atoms with Crippen molar-refractivity contribution in [2.75, 3.05) is 6.54 Å². The van der Waals surface area contributed by atoms with E-state index in [1.165, 1.54) is 44.9 Å². The highest BCUT2D eigenvalue weighted by Crippen LogP contribution is 2.11. The van der Waals surface area contributed by atoms with Gasteiger partial charge in [0.2, 0.25) is 5.91 Å². The molecule has 2 nitrogen and oxygen atoms in total. The maximum Gasteiger partial charge on any atom is 0.246 e. The minimum Gasteiger partial charge on any atom is -0.352 e. The minimum atomic E-state index is -0.0105. The molecule has 1 N–H and O–H groups in total. The second-order valence-corrected chi connectivity index (χ2v) is 5.69. The molecule has 0 aliphatic carbocycles. The Labute approximate surface area is 113 Å². The number of carbonyl (C=O) groups is 1. The maximum atomic E-state index is 11.2. The molecule has 0 radical (unpaired) electrons. The van der Waals surface area contributed by atoms with E-state index in [9.17, 15) is 4.79 Å². The van der Waals surface area contributed by atoms with E-state index in [1.807, 2.05) is 0 Å². The van der Waals surface area contributed by atoms with Crippen LogP contribution in [0.2, 0.25) is 0 Å². The van der Waals surface area contributed by atoms with E-state index in [1.54, 1.807) is 6.92 Å². The molecule has 0 fully saturated rings. The summed E-state index contributed by atoms with van der Waals surface area (Å²) in [7, 11) is 0. The monoisotopic (exact) mass is 253 g/mol. The van der Waals surface area contributed by atoms with Gasteiger partial charge >= 0.3 is 0 Å². The van der Waals surface area contributed by atoms with E-state index in [0.717, 1.165) is 18.9 Å². The Morgan fingerprint density at radius 3 is 2.00 bits per heavy atom. The first-order valence-corrected chi connectivity index (χ1v) is 7.47. The van der Waals surface area contributed by atoms with Crippen molar-refractivity contribution >= 4 is 5.91 Å². The van der Waals surface area contributed by atoms with Gasteiger partial charge in [-0.25, -0.2) is 0 Å². The maximum absolute atomic E-state index is 11.2. The van der Waals surface area contributed by atoms with Crippen molar-refractivity contribution < 1.29 is 4.79 Å². The van der Waals surface area contributed by atoms with Crippen LogP contribution in [0, 0.1) is 5.92 Å². The molecule has 0 saturated heterocycles. The second-order valence-electron chi connectivity index (χ2n) is 5.69. The topological polar surface area (TPSA) is 29.1 Å².